The summed E-state index contributed by atoms with van der Waals surface area (Å²) >= 11 is 0. The van der Waals surface area contributed by atoms with Gasteiger partial charge in [0, 0.05) is 30.0 Å². The van der Waals surface area contributed by atoms with E-state index in [2.05, 4.69) is 48.9 Å². The monoisotopic (exact) mass is 397 g/mol. The van der Waals surface area contributed by atoms with Crippen molar-refractivity contribution in [3.05, 3.63) is 77.6 Å². The number of H-pyrrole nitrogens is 1. The second-order valence-electron chi connectivity index (χ2n) is 7.25. The predicted molar refractivity (Wildman–Crippen MR) is 119 cm³/mol. The first-order valence-corrected chi connectivity index (χ1v) is 10.0. The number of hydrogen-bond acceptors (Lipinski definition) is 6. The van der Waals surface area contributed by atoms with Gasteiger partial charge in [-0.05, 0) is 43.5 Å². The smallest absolute Gasteiger partial charge is 0.277 e. The van der Waals surface area contributed by atoms with Crippen molar-refractivity contribution in [3.63, 3.8) is 0 Å². The molecule has 0 amide bonds. The van der Waals surface area contributed by atoms with Gasteiger partial charge >= 0.3 is 0 Å². The highest BCUT2D eigenvalue weighted by molar-refractivity contribution is 5.91. The van der Waals surface area contributed by atoms with E-state index in [0.29, 0.717) is 22.5 Å². The number of anilines is 3. The van der Waals surface area contributed by atoms with Crippen LogP contribution in [0.5, 0.6) is 0 Å². The Balaban J connectivity index is 1.52. The first kappa shape index (κ1) is 18.3. The van der Waals surface area contributed by atoms with E-state index >= 15 is 0 Å². The largest absolute Gasteiger partial charge is 0.372 e. The lowest BCUT2D eigenvalue weighted by molar-refractivity contribution is 0.679. The van der Waals surface area contributed by atoms with E-state index in [9.17, 15) is 4.79 Å². The van der Waals surface area contributed by atoms with Gasteiger partial charge < -0.3 is 10.2 Å². The molecule has 4 aromatic rings. The van der Waals surface area contributed by atoms with E-state index in [-0.39, 0.29) is 5.56 Å². The zero-order valence-electron chi connectivity index (χ0n) is 16.4. The Bertz CT molecular complexity index is 1210. The maximum atomic E-state index is 12.5. The summed E-state index contributed by atoms with van der Waals surface area (Å²) in [5.74, 6) is 1.00. The van der Waals surface area contributed by atoms with E-state index in [4.69, 9.17) is 0 Å². The number of aromatic amines is 1. The van der Waals surface area contributed by atoms with Gasteiger partial charge in [-0.25, -0.2) is 15.1 Å². The number of rotatable bonds is 4. The van der Waals surface area contributed by atoms with E-state index in [1.165, 1.54) is 5.69 Å². The van der Waals surface area contributed by atoms with Crippen molar-refractivity contribution >= 4 is 28.1 Å². The summed E-state index contributed by atoms with van der Waals surface area (Å²) in [5, 5.41) is 10.1. The molecule has 2 aromatic carbocycles. The summed E-state index contributed by atoms with van der Waals surface area (Å²) in [6.07, 6.45) is 6.12. The molecule has 1 aliphatic rings. The Kier molecular flexibility index (Phi) is 4.85. The third-order valence-corrected chi connectivity index (χ3v) is 5.25. The third-order valence-electron chi connectivity index (χ3n) is 5.25. The predicted octanol–water partition coefficient (Wildman–Crippen LogP) is 3.93. The quantitative estimate of drug-likeness (QED) is 0.543. The molecule has 7 nitrogen and oxygen atoms in total. The second kappa shape index (κ2) is 7.94. The zero-order chi connectivity index (χ0) is 20.3. The molecule has 0 saturated carbocycles. The first-order chi connectivity index (χ1) is 14.8. The van der Waals surface area contributed by atoms with Crippen LogP contribution in [0.2, 0.25) is 0 Å². The van der Waals surface area contributed by atoms with Crippen molar-refractivity contribution in [2.45, 2.75) is 12.8 Å². The minimum atomic E-state index is -0.323. The molecule has 0 unspecified atom stereocenters. The molecule has 2 aromatic heterocycles. The third kappa shape index (κ3) is 3.61. The number of piperidine rings is 1. The molecule has 1 saturated heterocycles. The Morgan fingerprint density at radius 3 is 2.47 bits per heavy atom. The van der Waals surface area contributed by atoms with E-state index in [1.807, 2.05) is 42.5 Å². The molecule has 3 heterocycles. The fourth-order valence-electron chi connectivity index (χ4n) is 3.71. The second-order valence-corrected chi connectivity index (χ2v) is 7.25. The number of benzene rings is 2. The van der Waals surface area contributed by atoms with Crippen LogP contribution in [0.1, 0.15) is 12.8 Å². The van der Waals surface area contributed by atoms with Gasteiger partial charge in [-0.3, -0.25) is 4.79 Å². The molecule has 30 heavy (non-hydrogen) atoms. The molecule has 5 rings (SSSR count). The molecule has 2 N–H and O–H groups in total. The van der Waals surface area contributed by atoms with Crippen LogP contribution < -0.4 is 15.8 Å². The van der Waals surface area contributed by atoms with E-state index in [1.54, 1.807) is 6.20 Å². The Hall–Kier alpha value is -3.74. The van der Waals surface area contributed by atoms with Crippen molar-refractivity contribution in [3.8, 4) is 11.4 Å². The maximum Gasteiger partial charge on any atom is 0.277 e. The fourth-order valence-corrected chi connectivity index (χ4v) is 3.71. The van der Waals surface area contributed by atoms with Gasteiger partial charge in [0.15, 0.2) is 5.82 Å². The van der Waals surface area contributed by atoms with Crippen molar-refractivity contribution in [1.82, 2.24) is 20.2 Å². The summed E-state index contributed by atoms with van der Waals surface area (Å²) in [4.78, 5) is 24.0. The van der Waals surface area contributed by atoms with E-state index < -0.39 is 0 Å². The van der Waals surface area contributed by atoms with E-state index in [0.717, 1.165) is 37.2 Å². The summed E-state index contributed by atoms with van der Waals surface area (Å²) in [5.41, 5.74) is 3.11. The molecule has 0 bridgehead atoms. The number of fused-ring (bicyclic) bond motifs is 1. The van der Waals surface area contributed by atoms with Gasteiger partial charge in [-0.2, -0.15) is 5.10 Å². The van der Waals surface area contributed by atoms with Crippen LogP contribution in [0.3, 0.4) is 0 Å². The van der Waals surface area contributed by atoms with Gasteiger partial charge in [0.1, 0.15) is 16.7 Å². The molecule has 7 heteroatoms. The average molecular weight is 397 g/mol. The van der Waals surface area contributed by atoms with Crippen molar-refractivity contribution in [2.75, 3.05) is 23.3 Å². The highest BCUT2D eigenvalue weighted by Crippen LogP contribution is 2.27. The lowest BCUT2D eigenvalue weighted by Crippen LogP contribution is -2.29. The molecule has 1 fully saturated rings. The average Bonchev–Trinajstić information content (AvgIpc) is 2.81. The molecule has 149 valence electrons. The van der Waals surface area contributed by atoms with Gasteiger partial charge in [0.05, 0.1) is 6.20 Å². The highest BCUT2D eigenvalue weighted by Gasteiger charge is 2.14. The van der Waals surface area contributed by atoms with Crippen molar-refractivity contribution in [1.29, 1.82) is 0 Å². The van der Waals surface area contributed by atoms with Crippen LogP contribution in [0, 0.1) is 6.42 Å². The zero-order valence-corrected chi connectivity index (χ0v) is 16.4. The topological polar surface area (TPSA) is 86.8 Å². The summed E-state index contributed by atoms with van der Waals surface area (Å²) in [7, 11) is 0. The van der Waals surface area contributed by atoms with Crippen LogP contribution in [0.15, 0.2) is 65.6 Å². The maximum absolute atomic E-state index is 12.5. The highest BCUT2D eigenvalue weighted by atomic mass is 16.1. The van der Waals surface area contributed by atoms with Crippen molar-refractivity contribution < 1.29 is 0 Å². The minimum absolute atomic E-state index is 0.323. The van der Waals surface area contributed by atoms with Crippen LogP contribution in [0.25, 0.3) is 22.3 Å². The molecule has 0 atom stereocenters. The molecule has 1 radical (unpaired) electrons. The number of hydrogen-bond donors (Lipinski definition) is 2. The standard InChI is InChI=1S/C23H21N6O/c30-23-20-19(15-24-28-23)26-21(16-7-3-1-4-8-16)27-22(20)25-17-9-11-18(12-10-17)29-13-5-2-6-14-29/h1-4,7-12,15H,5-6,13-14H2,(H,28,30)(H,25,26,27). The SMILES string of the molecule is O=c1[nH]ncc2nc(-c3ccccc3)nc(Nc3ccc(N4CC[CH]CC4)cc3)c12. The summed E-state index contributed by atoms with van der Waals surface area (Å²) < 4.78 is 0. The molecule has 1 aliphatic heterocycles. The van der Waals surface area contributed by atoms with Gasteiger partial charge in [0.25, 0.3) is 5.56 Å². The Morgan fingerprint density at radius 1 is 0.933 bits per heavy atom. The summed E-state index contributed by atoms with van der Waals surface area (Å²) in [6.45, 7) is 2.10. The van der Waals surface area contributed by atoms with Gasteiger partial charge in [-0.1, -0.05) is 30.3 Å². The van der Waals surface area contributed by atoms with Crippen LogP contribution in [0.4, 0.5) is 17.2 Å². The Labute approximate surface area is 173 Å². The van der Waals surface area contributed by atoms with Crippen LogP contribution >= 0.6 is 0 Å². The number of aromatic nitrogens is 4. The lowest BCUT2D eigenvalue weighted by Gasteiger charge is -2.28. The number of nitrogens with one attached hydrogen (secondary N) is 2. The van der Waals surface area contributed by atoms with Crippen molar-refractivity contribution in [2.24, 2.45) is 0 Å². The normalized spacial score (nSPS) is 14.1. The van der Waals surface area contributed by atoms with Gasteiger partial charge in [-0.15, -0.1) is 0 Å². The molecule has 0 aliphatic carbocycles. The Morgan fingerprint density at radius 2 is 1.70 bits per heavy atom. The fraction of sp³-hybridized carbons (Fsp3) is 0.174. The summed E-state index contributed by atoms with van der Waals surface area (Å²) in [6, 6.07) is 17.9. The first-order valence-electron chi connectivity index (χ1n) is 10.0. The lowest BCUT2D eigenvalue weighted by atomic mass is 10.1. The van der Waals surface area contributed by atoms with Crippen LogP contribution in [-0.4, -0.2) is 33.3 Å². The molecular formula is C23H21N6O. The minimum Gasteiger partial charge on any atom is -0.372 e. The van der Waals surface area contributed by atoms with Gasteiger partial charge in [0.2, 0.25) is 0 Å². The number of nitrogens with zero attached hydrogens (tertiary/aromatic N) is 4. The molecular weight excluding hydrogens is 376 g/mol. The van der Waals surface area contributed by atoms with Crippen LogP contribution in [-0.2, 0) is 0 Å². The molecule has 0 spiro atoms.